The Morgan fingerprint density at radius 2 is 2.05 bits per heavy atom. The third-order valence-corrected chi connectivity index (χ3v) is 4.01. The molecule has 1 unspecified atom stereocenters. The average Bonchev–Trinajstić information content (AvgIpc) is 2.50. The second kappa shape index (κ2) is 8.84. The van der Waals surface area contributed by atoms with Crippen molar-refractivity contribution >= 4 is 0 Å². The predicted molar refractivity (Wildman–Crippen MR) is 84.7 cm³/mol. The summed E-state index contributed by atoms with van der Waals surface area (Å²) in [4.78, 5) is 2.47. The van der Waals surface area contributed by atoms with Crippen molar-refractivity contribution in [3.63, 3.8) is 0 Å². The van der Waals surface area contributed by atoms with Crippen LogP contribution in [-0.2, 0) is 6.54 Å². The Labute approximate surface area is 127 Å². The summed E-state index contributed by atoms with van der Waals surface area (Å²) in [7, 11) is 0. The molecule has 0 saturated carbocycles. The highest BCUT2D eigenvalue weighted by atomic mass is 16.3. The van der Waals surface area contributed by atoms with Crippen LogP contribution in [0.1, 0.15) is 36.8 Å². The summed E-state index contributed by atoms with van der Waals surface area (Å²) in [5.74, 6) is 6.79. The van der Waals surface area contributed by atoms with Crippen LogP contribution in [-0.4, -0.2) is 41.4 Å². The summed E-state index contributed by atoms with van der Waals surface area (Å²) >= 11 is 0. The van der Waals surface area contributed by atoms with E-state index >= 15 is 0 Å². The summed E-state index contributed by atoms with van der Waals surface area (Å²) in [5, 5.41) is 17.9. The lowest BCUT2D eigenvalue weighted by Crippen LogP contribution is -2.35. The molecule has 0 radical (unpaired) electrons. The molecule has 0 aliphatic carbocycles. The molecule has 0 aromatic heterocycles. The Kier molecular flexibility index (Phi) is 6.75. The highest BCUT2D eigenvalue weighted by Gasteiger charge is 2.19. The van der Waals surface area contributed by atoms with Crippen LogP contribution in [0.3, 0.4) is 0 Å². The number of likely N-dealkylation sites (tertiary alicyclic amines) is 1. The minimum absolute atomic E-state index is 0.115. The van der Waals surface area contributed by atoms with E-state index in [1.165, 1.54) is 18.4 Å². The van der Waals surface area contributed by atoms with Crippen molar-refractivity contribution in [2.45, 2.75) is 32.2 Å². The third-order valence-electron chi connectivity index (χ3n) is 4.01. The number of hydrogen-bond donors (Lipinski definition) is 2. The molecular weight excluding hydrogens is 262 g/mol. The van der Waals surface area contributed by atoms with Crippen molar-refractivity contribution < 1.29 is 10.2 Å². The molecular formula is C18H25NO2. The van der Waals surface area contributed by atoms with Crippen molar-refractivity contribution in [3.05, 3.63) is 35.4 Å². The molecule has 1 aromatic rings. The van der Waals surface area contributed by atoms with Gasteiger partial charge in [0.25, 0.3) is 0 Å². The zero-order valence-electron chi connectivity index (χ0n) is 12.6. The number of piperidine rings is 1. The van der Waals surface area contributed by atoms with Gasteiger partial charge in [0.1, 0.15) is 0 Å². The van der Waals surface area contributed by atoms with Crippen LogP contribution in [0.25, 0.3) is 0 Å². The maximum absolute atomic E-state index is 9.10. The quantitative estimate of drug-likeness (QED) is 0.814. The standard InChI is InChI=1S/C18H25NO2/c20-12-4-3-8-17-7-1-2-9-18(17)15-19-11-5-6-16(14-19)10-13-21/h1-2,7,9,16,20-21H,4-6,10-15H2. The Balaban J connectivity index is 2.00. The summed E-state index contributed by atoms with van der Waals surface area (Å²) in [5.41, 5.74) is 2.32. The molecule has 1 aliphatic heterocycles. The van der Waals surface area contributed by atoms with Gasteiger partial charge < -0.3 is 10.2 Å². The van der Waals surface area contributed by atoms with Crippen molar-refractivity contribution in [2.24, 2.45) is 5.92 Å². The number of benzene rings is 1. The Bertz CT molecular complexity index is 487. The lowest BCUT2D eigenvalue weighted by molar-refractivity contribution is 0.142. The van der Waals surface area contributed by atoms with Crippen molar-refractivity contribution in [1.29, 1.82) is 0 Å². The van der Waals surface area contributed by atoms with Crippen molar-refractivity contribution in [1.82, 2.24) is 4.90 Å². The van der Waals surface area contributed by atoms with Gasteiger partial charge in [-0.05, 0) is 43.4 Å². The summed E-state index contributed by atoms with van der Waals surface area (Å²) in [6.45, 7) is 3.52. The first-order chi connectivity index (χ1) is 10.3. The minimum atomic E-state index is 0.115. The van der Waals surface area contributed by atoms with Crippen LogP contribution in [0.4, 0.5) is 0 Å². The van der Waals surface area contributed by atoms with E-state index < -0.39 is 0 Å². The number of aliphatic hydroxyl groups is 2. The fourth-order valence-corrected chi connectivity index (χ4v) is 2.95. The molecule has 0 amide bonds. The predicted octanol–water partition coefficient (Wildman–Crippen LogP) is 2.01. The smallest absolute Gasteiger partial charge is 0.0540 e. The lowest BCUT2D eigenvalue weighted by atomic mass is 9.94. The molecule has 1 saturated heterocycles. The van der Waals surface area contributed by atoms with E-state index in [-0.39, 0.29) is 6.61 Å². The molecule has 3 heteroatoms. The van der Waals surface area contributed by atoms with Gasteiger partial charge in [-0.1, -0.05) is 30.0 Å². The maximum atomic E-state index is 9.10. The number of hydrogen-bond acceptors (Lipinski definition) is 3. The molecule has 114 valence electrons. The van der Waals surface area contributed by atoms with E-state index in [2.05, 4.69) is 34.9 Å². The second-order valence-corrected chi connectivity index (χ2v) is 5.69. The van der Waals surface area contributed by atoms with E-state index in [1.54, 1.807) is 0 Å². The molecule has 2 rings (SSSR count). The third kappa shape index (κ3) is 5.17. The molecule has 1 aliphatic rings. The van der Waals surface area contributed by atoms with Crippen LogP contribution in [0.15, 0.2) is 24.3 Å². The Morgan fingerprint density at radius 1 is 1.19 bits per heavy atom. The second-order valence-electron chi connectivity index (χ2n) is 5.69. The van der Waals surface area contributed by atoms with E-state index in [4.69, 9.17) is 10.2 Å². The molecule has 1 fully saturated rings. The molecule has 3 nitrogen and oxygen atoms in total. The van der Waals surface area contributed by atoms with Gasteiger partial charge in [0.2, 0.25) is 0 Å². The first-order valence-electron chi connectivity index (χ1n) is 7.84. The molecule has 21 heavy (non-hydrogen) atoms. The summed E-state index contributed by atoms with van der Waals surface area (Å²) in [6.07, 6.45) is 3.88. The zero-order valence-corrected chi connectivity index (χ0v) is 12.6. The minimum Gasteiger partial charge on any atom is -0.396 e. The highest BCUT2D eigenvalue weighted by molar-refractivity contribution is 5.41. The topological polar surface area (TPSA) is 43.7 Å². The molecule has 1 aromatic carbocycles. The average molecular weight is 287 g/mol. The monoisotopic (exact) mass is 287 g/mol. The molecule has 2 N–H and O–H groups in total. The lowest BCUT2D eigenvalue weighted by Gasteiger charge is -2.32. The molecule has 1 atom stereocenters. The SMILES string of the molecule is OCCC#Cc1ccccc1CN1CCCC(CCO)C1. The van der Waals surface area contributed by atoms with Gasteiger partial charge in [-0.3, -0.25) is 4.90 Å². The van der Waals surface area contributed by atoms with Gasteiger partial charge in [0.15, 0.2) is 0 Å². The van der Waals surface area contributed by atoms with Crippen LogP contribution < -0.4 is 0 Å². The fourth-order valence-electron chi connectivity index (χ4n) is 2.95. The first-order valence-corrected chi connectivity index (χ1v) is 7.84. The maximum Gasteiger partial charge on any atom is 0.0540 e. The molecule has 1 heterocycles. The largest absolute Gasteiger partial charge is 0.396 e. The number of aliphatic hydroxyl groups excluding tert-OH is 2. The van der Waals surface area contributed by atoms with Gasteiger partial charge in [-0.15, -0.1) is 0 Å². The summed E-state index contributed by atoms with van der Waals surface area (Å²) in [6, 6.07) is 8.26. The van der Waals surface area contributed by atoms with Gasteiger partial charge in [0, 0.05) is 31.7 Å². The van der Waals surface area contributed by atoms with E-state index in [1.807, 2.05) is 6.07 Å². The number of rotatable bonds is 5. The van der Waals surface area contributed by atoms with Crippen molar-refractivity contribution in [3.8, 4) is 11.8 Å². The Hall–Kier alpha value is -1.34. The number of nitrogens with zero attached hydrogens (tertiary/aromatic N) is 1. The summed E-state index contributed by atoms with van der Waals surface area (Å²) < 4.78 is 0. The van der Waals surface area contributed by atoms with E-state index in [9.17, 15) is 0 Å². The molecule has 0 spiro atoms. The normalized spacial score (nSPS) is 19.0. The first kappa shape index (κ1) is 16.0. The fraction of sp³-hybridized carbons (Fsp3) is 0.556. The van der Waals surface area contributed by atoms with Gasteiger partial charge in [-0.2, -0.15) is 0 Å². The molecule has 0 bridgehead atoms. The zero-order chi connectivity index (χ0) is 14.9. The highest BCUT2D eigenvalue weighted by Crippen LogP contribution is 2.21. The Morgan fingerprint density at radius 3 is 2.86 bits per heavy atom. The van der Waals surface area contributed by atoms with E-state index in [0.717, 1.165) is 31.6 Å². The van der Waals surface area contributed by atoms with E-state index in [0.29, 0.717) is 18.9 Å². The van der Waals surface area contributed by atoms with Crippen LogP contribution in [0.5, 0.6) is 0 Å². The van der Waals surface area contributed by atoms with Gasteiger partial charge >= 0.3 is 0 Å². The van der Waals surface area contributed by atoms with Gasteiger partial charge in [-0.25, -0.2) is 0 Å². The van der Waals surface area contributed by atoms with Crippen LogP contribution in [0.2, 0.25) is 0 Å². The van der Waals surface area contributed by atoms with Crippen molar-refractivity contribution in [2.75, 3.05) is 26.3 Å². The van der Waals surface area contributed by atoms with Gasteiger partial charge in [0.05, 0.1) is 6.61 Å². The van der Waals surface area contributed by atoms with Crippen LogP contribution in [0, 0.1) is 17.8 Å². The van der Waals surface area contributed by atoms with Crippen LogP contribution >= 0.6 is 0 Å².